The largest absolute Gasteiger partial charge is 0.352 e. The van der Waals surface area contributed by atoms with Crippen molar-refractivity contribution < 1.29 is 4.79 Å². The number of nitriles is 1. The standard InChI is InChI=1S/C17H26N4O2.ClH/c1-4-5-6-13(9-18)21-16(22)8-7-14-11(2)15(10-19)17(23)20-12(14)3;/h13H,4-9,18H2,1-3H3,(H,20,23)(H,21,22);1H. The van der Waals surface area contributed by atoms with Gasteiger partial charge in [-0.15, -0.1) is 12.4 Å². The Hall–Kier alpha value is -1.84. The Morgan fingerprint density at radius 2 is 2.08 bits per heavy atom. The summed E-state index contributed by atoms with van der Waals surface area (Å²) in [5.41, 5.74) is 7.64. The molecule has 1 amide bonds. The van der Waals surface area contributed by atoms with Gasteiger partial charge in [0, 0.05) is 24.7 Å². The summed E-state index contributed by atoms with van der Waals surface area (Å²) >= 11 is 0. The molecule has 0 fully saturated rings. The molecule has 1 aromatic rings. The van der Waals surface area contributed by atoms with E-state index < -0.39 is 0 Å². The maximum atomic E-state index is 12.1. The van der Waals surface area contributed by atoms with Crippen LogP contribution in [0.15, 0.2) is 4.79 Å². The fourth-order valence-electron chi connectivity index (χ4n) is 2.66. The van der Waals surface area contributed by atoms with Gasteiger partial charge in [0.15, 0.2) is 0 Å². The van der Waals surface area contributed by atoms with Crippen molar-refractivity contribution in [3.63, 3.8) is 0 Å². The molecule has 0 bridgehead atoms. The van der Waals surface area contributed by atoms with Crippen LogP contribution in [0.4, 0.5) is 0 Å². The van der Waals surface area contributed by atoms with Gasteiger partial charge >= 0.3 is 0 Å². The fraction of sp³-hybridized carbons (Fsp3) is 0.588. The lowest BCUT2D eigenvalue weighted by Gasteiger charge is -2.17. The monoisotopic (exact) mass is 354 g/mol. The maximum absolute atomic E-state index is 12.1. The van der Waals surface area contributed by atoms with Gasteiger partial charge in [-0.1, -0.05) is 19.8 Å². The summed E-state index contributed by atoms with van der Waals surface area (Å²) in [6.07, 6.45) is 3.78. The molecule has 0 saturated carbocycles. The van der Waals surface area contributed by atoms with Crippen LogP contribution in [0.3, 0.4) is 0 Å². The maximum Gasteiger partial charge on any atom is 0.266 e. The third-order valence-electron chi connectivity index (χ3n) is 4.08. The molecule has 4 N–H and O–H groups in total. The molecule has 1 heterocycles. The number of aromatic amines is 1. The topological polar surface area (TPSA) is 112 Å². The number of nitrogens with zero attached hydrogens (tertiary/aromatic N) is 1. The Morgan fingerprint density at radius 3 is 2.62 bits per heavy atom. The van der Waals surface area contributed by atoms with Gasteiger partial charge in [0.2, 0.25) is 5.91 Å². The second-order valence-corrected chi connectivity index (χ2v) is 5.81. The number of carbonyl (C=O) groups is 1. The molecule has 0 spiro atoms. The Morgan fingerprint density at radius 1 is 1.42 bits per heavy atom. The van der Waals surface area contributed by atoms with E-state index in [1.165, 1.54) is 0 Å². The molecule has 24 heavy (non-hydrogen) atoms. The van der Waals surface area contributed by atoms with Crippen molar-refractivity contribution in [3.05, 3.63) is 32.7 Å². The van der Waals surface area contributed by atoms with Crippen LogP contribution >= 0.6 is 12.4 Å². The summed E-state index contributed by atoms with van der Waals surface area (Å²) in [4.78, 5) is 26.5. The lowest BCUT2D eigenvalue weighted by Crippen LogP contribution is -2.40. The van der Waals surface area contributed by atoms with Crippen molar-refractivity contribution in [1.82, 2.24) is 10.3 Å². The van der Waals surface area contributed by atoms with Gasteiger partial charge in [-0.25, -0.2) is 0 Å². The molecular weight excluding hydrogens is 328 g/mol. The van der Waals surface area contributed by atoms with Crippen LogP contribution in [0.1, 0.15) is 55.0 Å². The smallest absolute Gasteiger partial charge is 0.266 e. The van der Waals surface area contributed by atoms with E-state index in [9.17, 15) is 9.59 Å². The van der Waals surface area contributed by atoms with Crippen molar-refractivity contribution in [1.29, 1.82) is 5.26 Å². The zero-order valence-electron chi connectivity index (χ0n) is 14.6. The van der Waals surface area contributed by atoms with Crippen molar-refractivity contribution in [2.75, 3.05) is 6.54 Å². The molecule has 1 rings (SSSR count). The van der Waals surface area contributed by atoms with Crippen molar-refractivity contribution in [2.45, 2.75) is 58.9 Å². The molecule has 7 heteroatoms. The van der Waals surface area contributed by atoms with Gasteiger partial charge < -0.3 is 16.0 Å². The Kier molecular flexibility index (Phi) is 10.0. The van der Waals surface area contributed by atoms with E-state index in [1.54, 1.807) is 13.8 Å². The van der Waals surface area contributed by atoms with Crippen LogP contribution in [-0.4, -0.2) is 23.5 Å². The van der Waals surface area contributed by atoms with E-state index in [1.807, 2.05) is 6.07 Å². The zero-order valence-corrected chi connectivity index (χ0v) is 15.4. The van der Waals surface area contributed by atoms with E-state index >= 15 is 0 Å². The highest BCUT2D eigenvalue weighted by Crippen LogP contribution is 2.15. The minimum atomic E-state index is -0.376. The number of aryl methyl sites for hydroxylation is 1. The normalized spacial score (nSPS) is 11.3. The Labute approximate surface area is 149 Å². The molecule has 0 aliphatic carbocycles. The Balaban J connectivity index is 0.00000529. The number of aromatic nitrogens is 1. The van der Waals surface area contributed by atoms with Crippen LogP contribution in [0.5, 0.6) is 0 Å². The minimum Gasteiger partial charge on any atom is -0.352 e. The minimum absolute atomic E-state index is 0. The SMILES string of the molecule is CCCCC(CN)NC(=O)CCc1c(C)[nH]c(=O)c(C#N)c1C.Cl. The molecule has 1 unspecified atom stereocenters. The summed E-state index contributed by atoms with van der Waals surface area (Å²) in [6.45, 7) is 6.07. The molecule has 0 aliphatic heterocycles. The number of nitrogens with one attached hydrogen (secondary N) is 2. The quantitative estimate of drug-likeness (QED) is 0.661. The molecule has 0 saturated heterocycles. The highest BCUT2D eigenvalue weighted by molar-refractivity contribution is 5.85. The van der Waals surface area contributed by atoms with Gasteiger partial charge in [-0.05, 0) is 37.8 Å². The Bertz CT molecular complexity index is 649. The van der Waals surface area contributed by atoms with Crippen LogP contribution in [-0.2, 0) is 11.2 Å². The highest BCUT2D eigenvalue weighted by atomic mass is 35.5. The van der Waals surface area contributed by atoms with E-state index in [0.29, 0.717) is 30.6 Å². The number of H-pyrrole nitrogens is 1. The van der Waals surface area contributed by atoms with E-state index in [4.69, 9.17) is 11.0 Å². The summed E-state index contributed by atoms with van der Waals surface area (Å²) in [6, 6.07) is 1.93. The first kappa shape index (κ1) is 22.2. The van der Waals surface area contributed by atoms with Crippen LogP contribution in [0, 0.1) is 25.2 Å². The number of amides is 1. The third kappa shape index (κ3) is 5.99. The molecule has 134 valence electrons. The number of unbranched alkanes of at least 4 members (excludes halogenated alkanes) is 1. The van der Waals surface area contributed by atoms with E-state index in [-0.39, 0.29) is 35.5 Å². The van der Waals surface area contributed by atoms with Crippen molar-refractivity contribution in [2.24, 2.45) is 5.73 Å². The predicted molar refractivity (Wildman–Crippen MR) is 97.3 cm³/mol. The number of hydrogen-bond donors (Lipinski definition) is 3. The first-order valence-corrected chi connectivity index (χ1v) is 8.06. The number of rotatable bonds is 8. The first-order chi connectivity index (χ1) is 10.9. The van der Waals surface area contributed by atoms with Crippen LogP contribution in [0.25, 0.3) is 0 Å². The number of hydrogen-bond acceptors (Lipinski definition) is 4. The molecule has 0 radical (unpaired) electrons. The fourth-order valence-corrected chi connectivity index (χ4v) is 2.66. The van der Waals surface area contributed by atoms with Gasteiger partial charge in [-0.2, -0.15) is 5.26 Å². The first-order valence-electron chi connectivity index (χ1n) is 8.06. The van der Waals surface area contributed by atoms with Crippen molar-refractivity contribution >= 4 is 18.3 Å². The second kappa shape index (κ2) is 10.8. The molecule has 1 atom stereocenters. The van der Waals surface area contributed by atoms with Gasteiger partial charge in [0.05, 0.1) is 0 Å². The number of pyridine rings is 1. The van der Waals surface area contributed by atoms with Crippen LogP contribution < -0.4 is 16.6 Å². The van der Waals surface area contributed by atoms with Gasteiger partial charge in [-0.3, -0.25) is 9.59 Å². The summed E-state index contributed by atoms with van der Waals surface area (Å²) in [5, 5.41) is 12.0. The summed E-state index contributed by atoms with van der Waals surface area (Å²) < 4.78 is 0. The second-order valence-electron chi connectivity index (χ2n) is 5.81. The average Bonchev–Trinajstić information content (AvgIpc) is 2.51. The van der Waals surface area contributed by atoms with Crippen molar-refractivity contribution in [3.8, 4) is 6.07 Å². The lowest BCUT2D eigenvalue weighted by atomic mass is 9.99. The van der Waals surface area contributed by atoms with Crippen LogP contribution in [0.2, 0.25) is 0 Å². The molecule has 1 aromatic heterocycles. The molecule has 6 nitrogen and oxygen atoms in total. The van der Waals surface area contributed by atoms with Gasteiger partial charge in [0.25, 0.3) is 5.56 Å². The number of halogens is 1. The molecular formula is C17H27ClN4O2. The third-order valence-corrected chi connectivity index (χ3v) is 4.08. The molecule has 0 aliphatic rings. The summed E-state index contributed by atoms with van der Waals surface area (Å²) in [5.74, 6) is -0.0555. The lowest BCUT2D eigenvalue weighted by molar-refractivity contribution is -0.121. The zero-order chi connectivity index (χ0) is 17.4. The number of nitrogens with two attached hydrogens (primary N) is 1. The highest BCUT2D eigenvalue weighted by Gasteiger charge is 2.15. The summed E-state index contributed by atoms with van der Waals surface area (Å²) in [7, 11) is 0. The predicted octanol–water partition coefficient (Wildman–Crippen LogP) is 1.85. The average molecular weight is 355 g/mol. The van der Waals surface area contributed by atoms with Gasteiger partial charge in [0.1, 0.15) is 11.6 Å². The number of carbonyl (C=O) groups excluding carboxylic acids is 1. The van der Waals surface area contributed by atoms with E-state index in [2.05, 4.69) is 17.2 Å². The van der Waals surface area contributed by atoms with E-state index in [0.717, 1.165) is 24.8 Å². The molecule has 0 aromatic carbocycles.